The van der Waals surface area contributed by atoms with Crippen molar-refractivity contribution in [2.75, 3.05) is 38.6 Å². The summed E-state index contributed by atoms with van der Waals surface area (Å²) in [5, 5.41) is 6.88. The lowest BCUT2D eigenvalue weighted by molar-refractivity contribution is 0.0601. The number of hydrogen-bond donors (Lipinski definition) is 2. The van der Waals surface area contributed by atoms with E-state index in [4.69, 9.17) is 17.0 Å². The number of benzene rings is 1. The van der Waals surface area contributed by atoms with Crippen LogP contribution in [0, 0.1) is 0 Å². The van der Waals surface area contributed by atoms with Gasteiger partial charge in [0.25, 0.3) is 0 Å². The van der Waals surface area contributed by atoms with E-state index in [0.717, 1.165) is 25.2 Å². The second kappa shape index (κ2) is 9.47. The van der Waals surface area contributed by atoms with E-state index >= 15 is 0 Å². The molecule has 0 aromatic heterocycles. The Labute approximate surface area is 143 Å². The Morgan fingerprint density at radius 3 is 2.83 bits per heavy atom. The Bertz CT molecular complexity index is 530. The molecular formula is C17H25N3O2S. The molecule has 1 aliphatic rings. The number of rotatable bonds is 6. The fourth-order valence-corrected chi connectivity index (χ4v) is 2.92. The van der Waals surface area contributed by atoms with Gasteiger partial charge in [-0.1, -0.05) is 12.5 Å². The summed E-state index contributed by atoms with van der Waals surface area (Å²) in [5.74, 6) is -0.353. The molecule has 0 aliphatic carbocycles. The van der Waals surface area contributed by atoms with E-state index in [1.165, 1.54) is 39.5 Å². The molecule has 1 aliphatic heterocycles. The van der Waals surface area contributed by atoms with Gasteiger partial charge in [0, 0.05) is 12.2 Å². The molecule has 0 radical (unpaired) electrons. The van der Waals surface area contributed by atoms with Gasteiger partial charge < -0.3 is 20.3 Å². The summed E-state index contributed by atoms with van der Waals surface area (Å²) in [6.45, 7) is 4.42. The number of carbonyl (C=O) groups excluding carboxylic acids is 1. The molecule has 5 nitrogen and oxygen atoms in total. The van der Waals surface area contributed by atoms with Crippen molar-refractivity contribution in [3.63, 3.8) is 0 Å². The topological polar surface area (TPSA) is 53.6 Å². The minimum atomic E-state index is -0.353. The molecule has 1 aromatic carbocycles. The molecule has 126 valence electrons. The quantitative estimate of drug-likeness (QED) is 0.473. The van der Waals surface area contributed by atoms with Crippen LogP contribution in [0.3, 0.4) is 0 Å². The highest BCUT2D eigenvalue weighted by molar-refractivity contribution is 7.80. The Kier molecular flexibility index (Phi) is 7.29. The fourth-order valence-electron chi connectivity index (χ4n) is 2.70. The van der Waals surface area contributed by atoms with Crippen LogP contribution in [0.1, 0.15) is 36.0 Å². The van der Waals surface area contributed by atoms with Crippen LogP contribution in [0.25, 0.3) is 0 Å². The number of likely N-dealkylation sites (tertiary alicyclic amines) is 1. The first-order valence-electron chi connectivity index (χ1n) is 8.14. The molecule has 1 fully saturated rings. The van der Waals surface area contributed by atoms with Gasteiger partial charge in [-0.05, 0) is 69.3 Å². The molecule has 23 heavy (non-hydrogen) atoms. The number of hydrogen-bond acceptors (Lipinski definition) is 4. The maximum Gasteiger partial charge on any atom is 0.337 e. The number of anilines is 1. The van der Waals surface area contributed by atoms with Crippen LogP contribution in [0.15, 0.2) is 24.3 Å². The smallest absolute Gasteiger partial charge is 0.337 e. The molecule has 1 aromatic rings. The van der Waals surface area contributed by atoms with Gasteiger partial charge in [-0.2, -0.15) is 0 Å². The highest BCUT2D eigenvalue weighted by Gasteiger charge is 2.09. The normalized spacial score (nSPS) is 15.0. The zero-order chi connectivity index (χ0) is 16.5. The third-order valence-corrected chi connectivity index (χ3v) is 4.17. The average Bonchev–Trinajstić information content (AvgIpc) is 2.59. The third kappa shape index (κ3) is 6.15. The average molecular weight is 335 g/mol. The number of piperidine rings is 1. The summed E-state index contributed by atoms with van der Waals surface area (Å²) in [7, 11) is 1.37. The van der Waals surface area contributed by atoms with E-state index in [9.17, 15) is 4.79 Å². The van der Waals surface area contributed by atoms with Gasteiger partial charge in [-0.25, -0.2) is 4.79 Å². The van der Waals surface area contributed by atoms with Gasteiger partial charge in [0.2, 0.25) is 0 Å². The monoisotopic (exact) mass is 335 g/mol. The number of methoxy groups -OCH3 is 1. The van der Waals surface area contributed by atoms with Gasteiger partial charge in [-0.3, -0.25) is 0 Å². The molecule has 0 amide bonds. The molecule has 1 saturated heterocycles. The van der Waals surface area contributed by atoms with Crippen LogP contribution in [-0.4, -0.2) is 49.3 Å². The molecule has 0 unspecified atom stereocenters. The van der Waals surface area contributed by atoms with Crippen molar-refractivity contribution in [1.29, 1.82) is 0 Å². The largest absolute Gasteiger partial charge is 0.465 e. The van der Waals surface area contributed by atoms with Crippen molar-refractivity contribution in [3.8, 4) is 0 Å². The van der Waals surface area contributed by atoms with E-state index in [1.807, 2.05) is 6.07 Å². The Hall–Kier alpha value is -1.66. The number of esters is 1. The number of thiocarbonyl (C=S) groups is 1. The van der Waals surface area contributed by atoms with Crippen LogP contribution in [-0.2, 0) is 4.74 Å². The molecule has 0 saturated carbocycles. The van der Waals surface area contributed by atoms with Crippen LogP contribution >= 0.6 is 12.2 Å². The zero-order valence-electron chi connectivity index (χ0n) is 13.6. The van der Waals surface area contributed by atoms with Gasteiger partial charge in [0.05, 0.1) is 12.7 Å². The van der Waals surface area contributed by atoms with E-state index < -0.39 is 0 Å². The van der Waals surface area contributed by atoms with Crippen molar-refractivity contribution >= 4 is 29.0 Å². The summed E-state index contributed by atoms with van der Waals surface area (Å²) in [5.41, 5.74) is 1.28. The van der Waals surface area contributed by atoms with Crippen molar-refractivity contribution in [2.24, 2.45) is 0 Å². The lowest BCUT2D eigenvalue weighted by Gasteiger charge is -2.26. The number of carbonyl (C=O) groups is 1. The standard InChI is InChI=1S/C17H25N3O2S/c1-22-16(21)14-7-5-8-15(13-14)19-17(23)18-9-6-12-20-10-3-2-4-11-20/h5,7-8,13H,2-4,6,9-12H2,1H3,(H2,18,19,23). The molecule has 6 heteroatoms. The minimum absolute atomic E-state index is 0.353. The van der Waals surface area contributed by atoms with Crippen LogP contribution < -0.4 is 10.6 Å². The van der Waals surface area contributed by atoms with Gasteiger partial charge in [0.15, 0.2) is 5.11 Å². The van der Waals surface area contributed by atoms with Crippen molar-refractivity contribution in [1.82, 2.24) is 10.2 Å². The second-order valence-electron chi connectivity index (χ2n) is 5.71. The number of nitrogens with zero attached hydrogens (tertiary/aromatic N) is 1. The van der Waals surface area contributed by atoms with Crippen LogP contribution in [0.4, 0.5) is 5.69 Å². The van der Waals surface area contributed by atoms with Crippen LogP contribution in [0.2, 0.25) is 0 Å². The molecule has 0 bridgehead atoms. The Morgan fingerprint density at radius 1 is 1.30 bits per heavy atom. The minimum Gasteiger partial charge on any atom is -0.465 e. The summed E-state index contributed by atoms with van der Waals surface area (Å²) in [6, 6.07) is 7.11. The number of ether oxygens (including phenoxy) is 1. The maximum absolute atomic E-state index is 11.5. The van der Waals surface area contributed by atoms with Crippen molar-refractivity contribution in [3.05, 3.63) is 29.8 Å². The summed E-state index contributed by atoms with van der Waals surface area (Å²) >= 11 is 5.29. The molecule has 0 spiro atoms. The lowest BCUT2D eigenvalue weighted by Crippen LogP contribution is -2.34. The molecular weight excluding hydrogens is 310 g/mol. The summed E-state index contributed by atoms with van der Waals surface area (Å²) < 4.78 is 4.71. The third-order valence-electron chi connectivity index (χ3n) is 3.93. The molecule has 0 atom stereocenters. The van der Waals surface area contributed by atoms with E-state index in [0.29, 0.717) is 10.7 Å². The first-order chi connectivity index (χ1) is 11.2. The summed E-state index contributed by atoms with van der Waals surface area (Å²) in [4.78, 5) is 14.0. The lowest BCUT2D eigenvalue weighted by atomic mass is 10.1. The van der Waals surface area contributed by atoms with Crippen LogP contribution in [0.5, 0.6) is 0 Å². The Morgan fingerprint density at radius 2 is 2.09 bits per heavy atom. The van der Waals surface area contributed by atoms with E-state index in [2.05, 4.69) is 15.5 Å². The van der Waals surface area contributed by atoms with Gasteiger partial charge >= 0.3 is 5.97 Å². The molecule has 2 rings (SSSR count). The maximum atomic E-state index is 11.5. The summed E-state index contributed by atoms with van der Waals surface area (Å²) in [6.07, 6.45) is 5.09. The fraction of sp³-hybridized carbons (Fsp3) is 0.529. The highest BCUT2D eigenvalue weighted by Crippen LogP contribution is 2.11. The highest BCUT2D eigenvalue weighted by atomic mass is 32.1. The van der Waals surface area contributed by atoms with Gasteiger partial charge in [0.1, 0.15) is 0 Å². The second-order valence-corrected chi connectivity index (χ2v) is 6.12. The first-order valence-corrected chi connectivity index (χ1v) is 8.55. The van der Waals surface area contributed by atoms with Gasteiger partial charge in [-0.15, -0.1) is 0 Å². The van der Waals surface area contributed by atoms with E-state index in [1.54, 1.807) is 18.2 Å². The first kappa shape index (κ1) is 17.7. The van der Waals surface area contributed by atoms with Crippen molar-refractivity contribution in [2.45, 2.75) is 25.7 Å². The van der Waals surface area contributed by atoms with Crippen molar-refractivity contribution < 1.29 is 9.53 Å². The predicted octanol–water partition coefficient (Wildman–Crippen LogP) is 2.64. The SMILES string of the molecule is COC(=O)c1cccc(NC(=S)NCCCN2CCCCC2)c1. The van der Waals surface area contributed by atoms with E-state index in [-0.39, 0.29) is 5.97 Å². The Balaban J connectivity index is 1.69. The number of nitrogens with one attached hydrogen (secondary N) is 2. The zero-order valence-corrected chi connectivity index (χ0v) is 14.5. The predicted molar refractivity (Wildman–Crippen MR) is 96.9 cm³/mol. The molecule has 2 N–H and O–H groups in total. The molecule has 1 heterocycles.